The number of halogens is 1. The molecule has 0 atom stereocenters. The van der Waals surface area contributed by atoms with Gasteiger partial charge in [0.15, 0.2) is 0 Å². The number of carbonyl (C=O) groups is 1. The Kier molecular flexibility index (Phi) is 4.45. The molecule has 0 unspecified atom stereocenters. The van der Waals surface area contributed by atoms with Gasteiger partial charge in [-0.2, -0.15) is 0 Å². The molecule has 1 heterocycles. The lowest BCUT2D eigenvalue weighted by Gasteiger charge is -2.04. The van der Waals surface area contributed by atoms with Crippen molar-refractivity contribution >= 4 is 17.5 Å². The van der Waals surface area contributed by atoms with Crippen molar-refractivity contribution in [3.05, 3.63) is 23.0 Å². The summed E-state index contributed by atoms with van der Waals surface area (Å²) in [5.74, 6) is 0.671. The minimum absolute atomic E-state index is 0.126. The summed E-state index contributed by atoms with van der Waals surface area (Å²) >= 11 is 5.71. The molecular weight excluding hydrogens is 240 g/mol. The van der Waals surface area contributed by atoms with Crippen molar-refractivity contribution in [2.24, 2.45) is 5.92 Å². The average Bonchev–Trinajstić information content (AvgIpc) is 3.04. The van der Waals surface area contributed by atoms with Gasteiger partial charge in [-0.05, 0) is 31.2 Å². The van der Waals surface area contributed by atoms with E-state index >= 15 is 0 Å². The first-order valence-corrected chi connectivity index (χ1v) is 6.33. The summed E-state index contributed by atoms with van der Waals surface area (Å²) in [7, 11) is 0. The topological polar surface area (TPSA) is 54.1 Å². The maximum atomic E-state index is 11.6. The number of nitrogens with one attached hydrogen (secondary N) is 2. The second-order valence-electron chi connectivity index (χ2n) is 4.36. The molecule has 2 N–H and O–H groups in total. The number of aromatic nitrogens is 1. The second-order valence-corrected chi connectivity index (χ2v) is 4.80. The normalized spacial score (nSPS) is 14.9. The van der Waals surface area contributed by atoms with Crippen LogP contribution in [0, 0.1) is 5.92 Å². The highest BCUT2D eigenvalue weighted by molar-refractivity contribution is 6.30. The van der Waals surface area contributed by atoms with Gasteiger partial charge in [-0.25, -0.2) is 0 Å². The van der Waals surface area contributed by atoms with E-state index in [-0.39, 0.29) is 5.91 Å². The highest BCUT2D eigenvalue weighted by atomic mass is 35.5. The van der Waals surface area contributed by atoms with E-state index < -0.39 is 0 Å². The molecule has 0 aromatic carbocycles. The Hall–Kier alpha value is -1.00. The van der Waals surface area contributed by atoms with Crippen molar-refractivity contribution in [3.8, 4) is 0 Å². The number of hydrogen-bond acceptors (Lipinski definition) is 2. The fourth-order valence-corrected chi connectivity index (χ4v) is 1.67. The van der Waals surface area contributed by atoms with Gasteiger partial charge in [0.1, 0.15) is 5.69 Å². The SMILES string of the molecule is O=C(NCCCOCC1CC1)c1cc(Cl)c[nH]1. The Bertz CT molecular complexity index is 374. The molecule has 17 heavy (non-hydrogen) atoms. The van der Waals surface area contributed by atoms with Gasteiger partial charge in [0.25, 0.3) is 5.91 Å². The molecule has 1 aromatic rings. The van der Waals surface area contributed by atoms with Crippen LogP contribution in [0.2, 0.25) is 5.02 Å². The van der Waals surface area contributed by atoms with Gasteiger partial charge < -0.3 is 15.0 Å². The van der Waals surface area contributed by atoms with Crippen molar-refractivity contribution in [1.82, 2.24) is 10.3 Å². The van der Waals surface area contributed by atoms with Crippen molar-refractivity contribution in [3.63, 3.8) is 0 Å². The van der Waals surface area contributed by atoms with E-state index in [1.807, 2.05) is 0 Å². The Morgan fingerprint density at radius 3 is 3.06 bits per heavy atom. The van der Waals surface area contributed by atoms with Crippen LogP contribution in [0.1, 0.15) is 29.8 Å². The second kappa shape index (κ2) is 6.07. The first-order chi connectivity index (χ1) is 8.25. The maximum absolute atomic E-state index is 11.6. The van der Waals surface area contributed by atoms with Crippen LogP contribution in [-0.2, 0) is 4.74 Å². The Labute approximate surface area is 106 Å². The first kappa shape index (κ1) is 12.5. The maximum Gasteiger partial charge on any atom is 0.267 e. The summed E-state index contributed by atoms with van der Waals surface area (Å²) in [4.78, 5) is 14.4. The molecule has 94 valence electrons. The predicted octanol–water partition coefficient (Wildman–Crippen LogP) is 2.21. The number of aromatic amines is 1. The summed E-state index contributed by atoms with van der Waals surface area (Å²) in [6, 6.07) is 1.61. The molecule has 1 amide bonds. The average molecular weight is 257 g/mol. The fraction of sp³-hybridized carbons (Fsp3) is 0.583. The first-order valence-electron chi connectivity index (χ1n) is 5.95. The zero-order chi connectivity index (χ0) is 12.1. The van der Waals surface area contributed by atoms with Crippen molar-refractivity contribution < 1.29 is 9.53 Å². The Morgan fingerprint density at radius 1 is 1.59 bits per heavy atom. The lowest BCUT2D eigenvalue weighted by Crippen LogP contribution is -2.25. The minimum atomic E-state index is -0.126. The number of H-pyrrole nitrogens is 1. The predicted molar refractivity (Wildman–Crippen MR) is 66.3 cm³/mol. The van der Waals surface area contributed by atoms with E-state index in [4.69, 9.17) is 16.3 Å². The highest BCUT2D eigenvalue weighted by Gasteiger charge is 2.20. The lowest BCUT2D eigenvalue weighted by molar-refractivity contribution is 0.0933. The van der Waals surface area contributed by atoms with Crippen LogP contribution in [0.3, 0.4) is 0 Å². The van der Waals surface area contributed by atoms with Gasteiger partial charge in [0.2, 0.25) is 0 Å². The standard InChI is InChI=1S/C12H17ClN2O2/c13-10-6-11(15-7-10)12(16)14-4-1-5-17-8-9-2-3-9/h6-7,9,15H,1-5,8H2,(H,14,16). The molecule has 0 saturated heterocycles. The monoisotopic (exact) mass is 256 g/mol. The Morgan fingerprint density at radius 2 is 2.41 bits per heavy atom. The summed E-state index contributed by atoms with van der Waals surface area (Å²) in [5, 5.41) is 3.35. The fourth-order valence-electron chi connectivity index (χ4n) is 1.50. The molecule has 5 heteroatoms. The van der Waals surface area contributed by atoms with Crippen LogP contribution >= 0.6 is 11.6 Å². The molecule has 0 aliphatic heterocycles. The largest absolute Gasteiger partial charge is 0.381 e. The quantitative estimate of drug-likeness (QED) is 0.735. The number of hydrogen-bond donors (Lipinski definition) is 2. The van der Waals surface area contributed by atoms with Gasteiger partial charge >= 0.3 is 0 Å². The van der Waals surface area contributed by atoms with Crippen LogP contribution in [0.4, 0.5) is 0 Å². The zero-order valence-corrected chi connectivity index (χ0v) is 10.4. The number of ether oxygens (including phenoxy) is 1. The number of amides is 1. The molecule has 1 fully saturated rings. The van der Waals surface area contributed by atoms with E-state index in [2.05, 4.69) is 10.3 Å². The molecule has 1 aliphatic rings. The molecule has 1 aromatic heterocycles. The van der Waals surface area contributed by atoms with E-state index in [1.54, 1.807) is 12.3 Å². The van der Waals surface area contributed by atoms with Gasteiger partial charge in [-0.1, -0.05) is 11.6 Å². The van der Waals surface area contributed by atoms with Gasteiger partial charge in [0.05, 0.1) is 5.02 Å². The van der Waals surface area contributed by atoms with E-state index in [9.17, 15) is 4.79 Å². The molecule has 1 aliphatic carbocycles. The molecule has 0 bridgehead atoms. The van der Waals surface area contributed by atoms with E-state index in [0.29, 0.717) is 23.9 Å². The van der Waals surface area contributed by atoms with Gasteiger partial charge in [-0.15, -0.1) is 0 Å². The lowest BCUT2D eigenvalue weighted by atomic mass is 10.4. The smallest absolute Gasteiger partial charge is 0.267 e. The third kappa shape index (κ3) is 4.40. The summed E-state index contributed by atoms with van der Waals surface area (Å²) < 4.78 is 5.47. The summed E-state index contributed by atoms with van der Waals surface area (Å²) in [5.41, 5.74) is 0.494. The van der Waals surface area contributed by atoms with E-state index in [1.165, 1.54) is 12.8 Å². The van der Waals surface area contributed by atoms with Crippen LogP contribution in [0.15, 0.2) is 12.3 Å². The van der Waals surface area contributed by atoms with Crippen molar-refractivity contribution in [1.29, 1.82) is 0 Å². The van der Waals surface area contributed by atoms with Crippen LogP contribution in [-0.4, -0.2) is 30.6 Å². The molecule has 0 radical (unpaired) electrons. The molecule has 4 nitrogen and oxygen atoms in total. The molecular formula is C12H17ClN2O2. The third-order valence-electron chi connectivity index (χ3n) is 2.69. The number of rotatable bonds is 7. The zero-order valence-electron chi connectivity index (χ0n) is 9.67. The summed E-state index contributed by atoms with van der Waals surface area (Å²) in [6.07, 6.45) is 5.05. The van der Waals surface area contributed by atoms with Crippen molar-refractivity contribution in [2.45, 2.75) is 19.3 Å². The van der Waals surface area contributed by atoms with Crippen LogP contribution < -0.4 is 5.32 Å². The molecule has 0 spiro atoms. The number of carbonyl (C=O) groups excluding carboxylic acids is 1. The van der Waals surface area contributed by atoms with Gasteiger partial charge in [-0.3, -0.25) is 4.79 Å². The van der Waals surface area contributed by atoms with Crippen molar-refractivity contribution in [2.75, 3.05) is 19.8 Å². The van der Waals surface area contributed by atoms with Gasteiger partial charge in [0, 0.05) is 26.0 Å². The minimum Gasteiger partial charge on any atom is -0.381 e. The third-order valence-corrected chi connectivity index (χ3v) is 2.91. The highest BCUT2D eigenvalue weighted by Crippen LogP contribution is 2.28. The Balaban J connectivity index is 1.53. The molecule has 2 rings (SSSR count). The summed E-state index contributed by atoms with van der Waals surface area (Å²) in [6.45, 7) is 2.21. The van der Waals surface area contributed by atoms with Crippen LogP contribution in [0.25, 0.3) is 0 Å². The molecule has 1 saturated carbocycles. The van der Waals surface area contributed by atoms with E-state index in [0.717, 1.165) is 18.9 Å². The van der Waals surface area contributed by atoms with Crippen LogP contribution in [0.5, 0.6) is 0 Å².